The van der Waals surface area contributed by atoms with E-state index >= 15 is 0 Å². The number of allylic oxidation sites excluding steroid dienone is 1. The van der Waals surface area contributed by atoms with Gasteiger partial charge in [-0.05, 0) is 56.1 Å². The average Bonchev–Trinajstić information content (AvgIpc) is 2.37. The molecule has 3 nitrogen and oxygen atoms in total. The maximum absolute atomic E-state index is 12.1. The number of likely N-dealkylation sites (N-methyl/N-ethyl adjacent to an activating group) is 1. The molecule has 0 atom stereocenters. The summed E-state index contributed by atoms with van der Waals surface area (Å²) in [4.78, 5) is 14.1. The van der Waals surface area contributed by atoms with Crippen molar-refractivity contribution in [1.29, 1.82) is 0 Å². The molecule has 0 aromatic heterocycles. The standard InChI is InChI=1S/C17H24N2O/c1-12(2)14(4)16-11-15(8-7-13(16)3)17(20)18-9-10-19(5)6/h7-8,11H,1,3,9-10H2,2,4-6H3,(H,18,20)/b16-14-. The third kappa shape index (κ3) is 4.35. The lowest BCUT2D eigenvalue weighted by atomic mass is 10.0. The number of nitrogens with zero attached hydrogens (tertiary/aromatic N) is 1. The number of hydrogen-bond acceptors (Lipinski definition) is 2. The molecular formula is C17H24N2O. The van der Waals surface area contributed by atoms with Crippen molar-refractivity contribution >= 4 is 18.1 Å². The summed E-state index contributed by atoms with van der Waals surface area (Å²) in [5.74, 6) is -0.0531. The first-order chi connectivity index (χ1) is 9.32. The molecule has 0 aliphatic rings. The van der Waals surface area contributed by atoms with E-state index < -0.39 is 0 Å². The maximum atomic E-state index is 12.1. The Hall–Kier alpha value is -1.87. The molecule has 0 heterocycles. The van der Waals surface area contributed by atoms with E-state index in [9.17, 15) is 4.79 Å². The fourth-order valence-corrected chi connectivity index (χ4v) is 1.79. The zero-order valence-corrected chi connectivity index (χ0v) is 12.9. The minimum Gasteiger partial charge on any atom is -0.351 e. The Morgan fingerprint density at radius 2 is 1.95 bits per heavy atom. The molecule has 0 spiro atoms. The van der Waals surface area contributed by atoms with Crippen LogP contribution in [0, 0.1) is 0 Å². The van der Waals surface area contributed by atoms with Crippen LogP contribution in [-0.4, -0.2) is 38.0 Å². The van der Waals surface area contributed by atoms with Crippen molar-refractivity contribution in [3.63, 3.8) is 0 Å². The van der Waals surface area contributed by atoms with Crippen molar-refractivity contribution in [2.45, 2.75) is 13.8 Å². The molecule has 3 heteroatoms. The van der Waals surface area contributed by atoms with Crippen molar-refractivity contribution < 1.29 is 4.79 Å². The van der Waals surface area contributed by atoms with Gasteiger partial charge in [0.25, 0.3) is 5.91 Å². The van der Waals surface area contributed by atoms with Crippen LogP contribution in [0.1, 0.15) is 24.2 Å². The predicted octanol–water partition coefficient (Wildman–Crippen LogP) is 1.13. The van der Waals surface area contributed by atoms with Crippen LogP contribution in [0.3, 0.4) is 0 Å². The zero-order valence-electron chi connectivity index (χ0n) is 12.9. The van der Waals surface area contributed by atoms with Crippen LogP contribution in [0.5, 0.6) is 0 Å². The van der Waals surface area contributed by atoms with E-state index in [4.69, 9.17) is 0 Å². The molecule has 1 rings (SSSR count). The fraction of sp³-hybridized carbons (Fsp3) is 0.353. The van der Waals surface area contributed by atoms with E-state index in [1.165, 1.54) is 0 Å². The molecule has 0 fully saturated rings. The van der Waals surface area contributed by atoms with E-state index in [1.807, 2.05) is 51.0 Å². The molecular weight excluding hydrogens is 248 g/mol. The van der Waals surface area contributed by atoms with Gasteiger partial charge in [0.05, 0.1) is 0 Å². The lowest BCUT2D eigenvalue weighted by molar-refractivity contribution is 0.0951. The average molecular weight is 272 g/mol. The molecule has 0 aliphatic heterocycles. The second-order valence-corrected chi connectivity index (χ2v) is 5.34. The summed E-state index contributed by atoms with van der Waals surface area (Å²) in [6.07, 6.45) is 0. The van der Waals surface area contributed by atoms with Crippen molar-refractivity contribution in [2.24, 2.45) is 0 Å². The number of amides is 1. The Morgan fingerprint density at radius 1 is 1.30 bits per heavy atom. The molecule has 1 aromatic carbocycles. The summed E-state index contributed by atoms with van der Waals surface area (Å²) in [6, 6.07) is 5.57. The van der Waals surface area contributed by atoms with Crippen LogP contribution in [0.4, 0.5) is 0 Å². The number of nitrogens with one attached hydrogen (secondary N) is 1. The minimum atomic E-state index is -0.0531. The summed E-state index contributed by atoms with van der Waals surface area (Å²) in [5, 5.41) is 4.81. The monoisotopic (exact) mass is 272 g/mol. The highest BCUT2D eigenvalue weighted by Crippen LogP contribution is 2.03. The van der Waals surface area contributed by atoms with E-state index in [0.717, 1.165) is 28.1 Å². The summed E-state index contributed by atoms with van der Waals surface area (Å²) < 4.78 is 0. The lowest BCUT2D eigenvalue weighted by Crippen LogP contribution is -2.33. The molecule has 1 N–H and O–H groups in total. The zero-order chi connectivity index (χ0) is 15.3. The maximum Gasteiger partial charge on any atom is 0.251 e. The molecule has 1 amide bonds. The van der Waals surface area contributed by atoms with Crippen LogP contribution >= 0.6 is 0 Å². The molecule has 0 saturated heterocycles. The van der Waals surface area contributed by atoms with E-state index in [1.54, 1.807) is 0 Å². The highest BCUT2D eigenvalue weighted by molar-refractivity contribution is 5.94. The fourth-order valence-electron chi connectivity index (χ4n) is 1.79. The molecule has 0 saturated carbocycles. The third-order valence-corrected chi connectivity index (χ3v) is 3.26. The van der Waals surface area contributed by atoms with Gasteiger partial charge >= 0.3 is 0 Å². The van der Waals surface area contributed by atoms with Crippen molar-refractivity contribution in [3.8, 4) is 0 Å². The third-order valence-electron chi connectivity index (χ3n) is 3.26. The van der Waals surface area contributed by atoms with Crippen molar-refractivity contribution in [2.75, 3.05) is 27.2 Å². The molecule has 0 unspecified atom stereocenters. The van der Waals surface area contributed by atoms with Gasteiger partial charge in [-0.2, -0.15) is 0 Å². The summed E-state index contributed by atoms with van der Waals surface area (Å²) in [6.45, 7) is 13.4. The van der Waals surface area contributed by atoms with Gasteiger partial charge in [0.2, 0.25) is 0 Å². The first-order valence-electron chi connectivity index (χ1n) is 6.71. The first-order valence-corrected chi connectivity index (χ1v) is 6.71. The predicted molar refractivity (Wildman–Crippen MR) is 86.0 cm³/mol. The second kappa shape index (κ2) is 7.06. The van der Waals surface area contributed by atoms with Gasteiger partial charge in [0.1, 0.15) is 0 Å². The quantitative estimate of drug-likeness (QED) is 0.871. The van der Waals surface area contributed by atoms with Gasteiger partial charge in [-0.25, -0.2) is 0 Å². The van der Waals surface area contributed by atoms with Gasteiger partial charge < -0.3 is 10.2 Å². The molecule has 20 heavy (non-hydrogen) atoms. The Balaban J connectivity index is 3.02. The minimum absolute atomic E-state index is 0.0531. The highest BCUT2D eigenvalue weighted by atomic mass is 16.1. The number of hydrogen-bond donors (Lipinski definition) is 1. The Labute approximate surface area is 121 Å². The molecule has 0 radical (unpaired) electrons. The lowest BCUT2D eigenvalue weighted by Gasteiger charge is -2.10. The normalized spacial score (nSPS) is 12.2. The number of carbonyl (C=O) groups is 1. The summed E-state index contributed by atoms with van der Waals surface area (Å²) in [7, 11) is 3.96. The number of rotatable bonds is 5. The summed E-state index contributed by atoms with van der Waals surface area (Å²) in [5.41, 5.74) is 2.71. The number of benzene rings is 1. The van der Waals surface area contributed by atoms with E-state index in [2.05, 4.69) is 18.5 Å². The van der Waals surface area contributed by atoms with Gasteiger partial charge in [0.15, 0.2) is 0 Å². The SMILES string of the molecule is C=C(C)/C(C)=c1/cc(C(=O)NCCN(C)C)ccc1=C. The van der Waals surface area contributed by atoms with Crippen molar-refractivity contribution in [3.05, 3.63) is 46.4 Å². The molecule has 0 aliphatic carbocycles. The highest BCUT2D eigenvalue weighted by Gasteiger charge is 2.05. The molecule has 108 valence electrons. The van der Waals surface area contributed by atoms with E-state index in [-0.39, 0.29) is 5.91 Å². The first kappa shape index (κ1) is 16.2. The smallest absolute Gasteiger partial charge is 0.251 e. The van der Waals surface area contributed by atoms with Gasteiger partial charge in [-0.3, -0.25) is 4.79 Å². The van der Waals surface area contributed by atoms with Gasteiger partial charge in [-0.15, -0.1) is 0 Å². The Kier molecular flexibility index (Phi) is 5.71. The van der Waals surface area contributed by atoms with Gasteiger partial charge in [0, 0.05) is 18.7 Å². The van der Waals surface area contributed by atoms with Crippen molar-refractivity contribution in [1.82, 2.24) is 10.2 Å². The topological polar surface area (TPSA) is 32.3 Å². The number of carbonyl (C=O) groups excluding carboxylic acids is 1. The van der Waals surface area contributed by atoms with Gasteiger partial charge in [-0.1, -0.05) is 24.8 Å². The Morgan fingerprint density at radius 3 is 2.50 bits per heavy atom. The summed E-state index contributed by atoms with van der Waals surface area (Å²) >= 11 is 0. The second-order valence-electron chi connectivity index (χ2n) is 5.34. The molecule has 0 bridgehead atoms. The van der Waals surface area contributed by atoms with Crippen LogP contribution in [-0.2, 0) is 0 Å². The van der Waals surface area contributed by atoms with Crippen LogP contribution in [0.2, 0.25) is 0 Å². The van der Waals surface area contributed by atoms with Crippen LogP contribution in [0.15, 0.2) is 30.4 Å². The van der Waals surface area contributed by atoms with E-state index in [0.29, 0.717) is 12.1 Å². The largest absolute Gasteiger partial charge is 0.351 e. The van der Waals surface area contributed by atoms with Crippen LogP contribution in [0.25, 0.3) is 12.2 Å². The van der Waals surface area contributed by atoms with Crippen LogP contribution < -0.4 is 15.8 Å². The Bertz CT molecular complexity index is 614. The molecule has 1 aromatic rings.